The summed E-state index contributed by atoms with van der Waals surface area (Å²) in [7, 11) is 0. The van der Waals surface area contributed by atoms with Crippen LogP contribution in [0, 0.1) is 18.8 Å². The summed E-state index contributed by atoms with van der Waals surface area (Å²) in [6.45, 7) is 3.74. The molecule has 2 aromatic heterocycles. The van der Waals surface area contributed by atoms with E-state index in [1.165, 1.54) is 18.5 Å². The van der Waals surface area contributed by atoms with Crippen molar-refractivity contribution in [1.82, 2.24) is 25.6 Å². The van der Waals surface area contributed by atoms with Gasteiger partial charge in [0.1, 0.15) is 29.9 Å². The molecule has 2 heterocycles. The van der Waals surface area contributed by atoms with E-state index in [4.69, 9.17) is 9.84 Å². The van der Waals surface area contributed by atoms with Gasteiger partial charge < -0.3 is 25.5 Å². The molecule has 0 bridgehead atoms. The fraction of sp³-hybridized carbons (Fsp3) is 0.500. The Balaban J connectivity index is 1.41. The second-order valence-corrected chi connectivity index (χ2v) is 10.7. The first-order valence-electron chi connectivity index (χ1n) is 13.3. The molecule has 2 aliphatic rings. The third-order valence-electron chi connectivity index (χ3n) is 7.68. The van der Waals surface area contributed by atoms with Crippen molar-refractivity contribution in [2.45, 2.75) is 64.5 Å². The zero-order valence-electron chi connectivity index (χ0n) is 22.0. The number of hydrogen-bond acceptors (Lipinski definition) is 6. The molecule has 1 aromatic carbocycles. The summed E-state index contributed by atoms with van der Waals surface area (Å²) < 4.78 is 33.2. The van der Waals surface area contributed by atoms with Gasteiger partial charge >= 0.3 is 0 Å². The van der Waals surface area contributed by atoms with E-state index in [2.05, 4.69) is 25.6 Å². The molecule has 2 aliphatic carbocycles. The number of nitrogens with zero attached hydrogens (tertiary/aromatic N) is 2. The quantitative estimate of drug-likeness (QED) is 0.323. The van der Waals surface area contributed by atoms with Crippen molar-refractivity contribution < 1.29 is 28.2 Å². The summed E-state index contributed by atoms with van der Waals surface area (Å²) in [5.74, 6) is 0.367. The third-order valence-corrected chi connectivity index (χ3v) is 7.68. The van der Waals surface area contributed by atoms with Gasteiger partial charge in [-0.2, -0.15) is 0 Å². The summed E-state index contributed by atoms with van der Waals surface area (Å²) in [5.41, 5.74) is 2.52. The van der Waals surface area contributed by atoms with E-state index in [-0.39, 0.29) is 29.5 Å². The Labute approximate surface area is 224 Å². The molecular formula is C28H33F2N5O4. The summed E-state index contributed by atoms with van der Waals surface area (Å²) >= 11 is 0. The van der Waals surface area contributed by atoms with E-state index in [0.717, 1.165) is 12.8 Å². The first-order chi connectivity index (χ1) is 18.7. The molecule has 208 valence electrons. The molecular weight excluding hydrogens is 508 g/mol. The lowest BCUT2D eigenvalue weighted by atomic mass is 9.82. The van der Waals surface area contributed by atoms with Crippen LogP contribution >= 0.6 is 0 Å². The molecule has 2 saturated carbocycles. The molecule has 3 aromatic rings. The average molecular weight is 542 g/mol. The number of aryl methyl sites for hydroxylation is 1. The number of carbonyl (C=O) groups is 2. The monoisotopic (exact) mass is 541 g/mol. The number of aromatic amines is 1. The number of aromatic nitrogens is 3. The number of H-pyrrole nitrogens is 1. The lowest BCUT2D eigenvalue weighted by Gasteiger charge is -2.34. The molecule has 0 spiro atoms. The van der Waals surface area contributed by atoms with Crippen LogP contribution in [0.3, 0.4) is 0 Å². The lowest BCUT2D eigenvalue weighted by molar-refractivity contribution is -0.125. The Morgan fingerprint density at radius 2 is 1.97 bits per heavy atom. The predicted molar refractivity (Wildman–Crippen MR) is 141 cm³/mol. The highest BCUT2D eigenvalue weighted by atomic mass is 19.3. The van der Waals surface area contributed by atoms with E-state index in [1.54, 1.807) is 13.0 Å². The minimum absolute atomic E-state index is 0.0525. The van der Waals surface area contributed by atoms with Crippen molar-refractivity contribution in [2.24, 2.45) is 11.8 Å². The minimum Gasteiger partial charge on any atom is -0.493 e. The second-order valence-electron chi connectivity index (χ2n) is 10.7. The van der Waals surface area contributed by atoms with E-state index >= 15 is 0 Å². The van der Waals surface area contributed by atoms with Crippen LogP contribution < -0.4 is 15.4 Å². The normalized spacial score (nSPS) is 21.2. The maximum atomic E-state index is 13.6. The van der Waals surface area contributed by atoms with Crippen LogP contribution in [0.2, 0.25) is 0 Å². The van der Waals surface area contributed by atoms with Gasteiger partial charge in [-0.1, -0.05) is 6.92 Å². The fourth-order valence-electron chi connectivity index (χ4n) is 5.34. The van der Waals surface area contributed by atoms with Crippen LogP contribution in [0.15, 0.2) is 24.5 Å². The largest absolute Gasteiger partial charge is 0.493 e. The van der Waals surface area contributed by atoms with Crippen LogP contribution in [-0.2, 0) is 4.79 Å². The fourth-order valence-corrected chi connectivity index (χ4v) is 5.34. The van der Waals surface area contributed by atoms with Crippen molar-refractivity contribution in [3.63, 3.8) is 0 Å². The van der Waals surface area contributed by atoms with E-state index < -0.39 is 18.9 Å². The molecule has 11 heteroatoms. The van der Waals surface area contributed by atoms with Crippen molar-refractivity contribution in [1.29, 1.82) is 0 Å². The van der Waals surface area contributed by atoms with Crippen LogP contribution in [-0.4, -0.2) is 57.2 Å². The number of amides is 2. The summed E-state index contributed by atoms with van der Waals surface area (Å²) in [5, 5.41) is 14.9. The summed E-state index contributed by atoms with van der Waals surface area (Å²) in [6.07, 6.45) is 2.89. The Kier molecular flexibility index (Phi) is 7.79. The molecule has 2 amide bonds. The van der Waals surface area contributed by atoms with E-state index in [9.17, 15) is 18.4 Å². The standard InChI is InChI=1S/C28H33F2N5O4/c1-14-9-18(6-7-20(14)35-22(37)11-36)34-28(38)23-15(2)33-26-24(31-13-32-25(23)26)19-10-17(27(29)30)5-8-21(19)39-12-16-3-4-16/h5,8,10,13-14,16,18,20,27,33,36H,3-4,6-7,9,11-12H2,1-2H3,(H,34,38)(H,35,37)/t14-,18+,20+/m1/s1. The minimum atomic E-state index is -2.65. The van der Waals surface area contributed by atoms with Crippen molar-refractivity contribution in [3.8, 4) is 17.0 Å². The Morgan fingerprint density at radius 3 is 2.67 bits per heavy atom. The first-order valence-corrected chi connectivity index (χ1v) is 13.3. The SMILES string of the molecule is Cc1[nH]c2c(-c3cc(C(F)F)ccc3OCC3CC3)ncnc2c1C(=O)N[C@H]1CC[C@H](NC(=O)CO)[C@H](C)C1. The lowest BCUT2D eigenvalue weighted by Crippen LogP contribution is -2.48. The van der Waals surface area contributed by atoms with Gasteiger partial charge in [-0.25, -0.2) is 18.7 Å². The molecule has 0 saturated heterocycles. The molecule has 3 atom stereocenters. The molecule has 0 radical (unpaired) electrons. The topological polar surface area (TPSA) is 129 Å². The second kappa shape index (κ2) is 11.3. The smallest absolute Gasteiger partial charge is 0.263 e. The number of fused-ring (bicyclic) bond motifs is 1. The van der Waals surface area contributed by atoms with Gasteiger partial charge in [0.05, 0.1) is 17.7 Å². The molecule has 4 N–H and O–H groups in total. The van der Waals surface area contributed by atoms with Gasteiger partial charge in [-0.05, 0) is 69.1 Å². The van der Waals surface area contributed by atoms with Crippen molar-refractivity contribution in [3.05, 3.63) is 41.3 Å². The number of nitrogens with one attached hydrogen (secondary N) is 3. The van der Waals surface area contributed by atoms with Crippen LogP contribution in [0.5, 0.6) is 5.75 Å². The van der Waals surface area contributed by atoms with Crippen LogP contribution in [0.4, 0.5) is 8.78 Å². The highest BCUT2D eigenvalue weighted by molar-refractivity contribution is 6.09. The number of ether oxygens (including phenoxy) is 1. The number of aliphatic hydroxyl groups is 1. The summed E-state index contributed by atoms with van der Waals surface area (Å²) in [4.78, 5) is 37.0. The van der Waals surface area contributed by atoms with Crippen LogP contribution in [0.1, 0.15) is 67.1 Å². The van der Waals surface area contributed by atoms with E-state index in [0.29, 0.717) is 71.1 Å². The first kappa shape index (κ1) is 27.0. The molecule has 0 aliphatic heterocycles. The Morgan fingerprint density at radius 1 is 1.18 bits per heavy atom. The van der Waals surface area contributed by atoms with Crippen LogP contribution in [0.25, 0.3) is 22.3 Å². The van der Waals surface area contributed by atoms with Crippen molar-refractivity contribution in [2.75, 3.05) is 13.2 Å². The zero-order chi connectivity index (χ0) is 27.7. The van der Waals surface area contributed by atoms with Gasteiger partial charge in [0.15, 0.2) is 0 Å². The number of rotatable bonds is 9. The van der Waals surface area contributed by atoms with Gasteiger partial charge in [-0.3, -0.25) is 9.59 Å². The molecule has 9 nitrogen and oxygen atoms in total. The van der Waals surface area contributed by atoms with Gasteiger partial charge in [0.25, 0.3) is 12.3 Å². The average Bonchev–Trinajstić information content (AvgIpc) is 3.68. The van der Waals surface area contributed by atoms with Gasteiger partial charge in [-0.15, -0.1) is 0 Å². The number of aliphatic hydroxyl groups excluding tert-OH is 1. The highest BCUT2D eigenvalue weighted by Gasteiger charge is 2.31. The number of benzene rings is 1. The molecule has 39 heavy (non-hydrogen) atoms. The highest BCUT2D eigenvalue weighted by Crippen LogP contribution is 2.38. The van der Waals surface area contributed by atoms with Gasteiger partial charge in [0.2, 0.25) is 5.91 Å². The summed E-state index contributed by atoms with van der Waals surface area (Å²) in [6, 6.07) is 4.16. The van der Waals surface area contributed by atoms with E-state index in [1.807, 2.05) is 6.92 Å². The number of alkyl halides is 2. The molecule has 0 unspecified atom stereocenters. The Bertz CT molecular complexity index is 1370. The maximum absolute atomic E-state index is 13.6. The third kappa shape index (κ3) is 5.88. The maximum Gasteiger partial charge on any atom is 0.263 e. The molecule has 5 rings (SSSR count). The number of halogens is 2. The predicted octanol–water partition coefficient (Wildman–Crippen LogP) is 4.06. The van der Waals surface area contributed by atoms with Gasteiger partial charge in [0, 0.05) is 28.9 Å². The van der Waals surface area contributed by atoms with Crippen molar-refractivity contribution >= 4 is 22.8 Å². The molecule has 2 fully saturated rings. The Hall–Kier alpha value is -3.60. The number of carbonyl (C=O) groups excluding carboxylic acids is 2. The number of hydrogen-bond donors (Lipinski definition) is 4. The zero-order valence-corrected chi connectivity index (χ0v) is 22.0.